The Morgan fingerprint density at radius 3 is 2.71 bits per heavy atom. The number of alkyl halides is 2. The molecule has 0 bridgehead atoms. The lowest BCUT2D eigenvalue weighted by atomic mass is 10.1. The largest absolute Gasteiger partial charge is 0.392 e. The second kappa shape index (κ2) is 3.98. The third-order valence-corrected chi connectivity index (χ3v) is 1.75. The average molecular weight is 199 g/mol. The smallest absolute Gasteiger partial charge is 0.265 e. The van der Waals surface area contributed by atoms with Crippen LogP contribution >= 0.6 is 0 Å². The average Bonchev–Trinajstić information content (AvgIpc) is 2.16. The predicted octanol–water partition coefficient (Wildman–Crippen LogP) is 0.965. The van der Waals surface area contributed by atoms with E-state index in [1.165, 1.54) is 0 Å². The first-order valence-electron chi connectivity index (χ1n) is 3.68. The van der Waals surface area contributed by atoms with Gasteiger partial charge in [-0.3, -0.25) is 0 Å². The Bertz CT molecular complexity index is 387. The van der Waals surface area contributed by atoms with Crippen LogP contribution in [-0.4, -0.2) is 10.1 Å². The minimum absolute atomic E-state index is 0.152. The van der Waals surface area contributed by atoms with Gasteiger partial charge in [-0.2, -0.15) is 5.26 Å². The number of hydrogen-bond donors (Lipinski definition) is 2. The molecule has 0 spiro atoms. The van der Waals surface area contributed by atoms with Crippen molar-refractivity contribution in [3.05, 3.63) is 22.9 Å². The van der Waals surface area contributed by atoms with Gasteiger partial charge in [-0.25, -0.2) is 13.8 Å². The van der Waals surface area contributed by atoms with Gasteiger partial charge in [-0.1, -0.05) is 0 Å². The Hall–Kier alpha value is -1.74. The topological polar surface area (TPSA) is 82.9 Å². The lowest BCUT2D eigenvalue weighted by Crippen LogP contribution is -2.04. The van der Waals surface area contributed by atoms with Gasteiger partial charge in [0.05, 0.1) is 6.61 Å². The fourth-order valence-corrected chi connectivity index (χ4v) is 1.06. The van der Waals surface area contributed by atoms with Crippen LogP contribution in [-0.2, 0) is 6.61 Å². The Balaban J connectivity index is 3.42. The van der Waals surface area contributed by atoms with Crippen molar-refractivity contribution in [1.82, 2.24) is 4.98 Å². The summed E-state index contributed by atoms with van der Waals surface area (Å²) in [5, 5.41) is 17.4. The normalized spacial score (nSPS) is 10.2. The second-order valence-electron chi connectivity index (χ2n) is 2.52. The van der Waals surface area contributed by atoms with Crippen LogP contribution < -0.4 is 5.73 Å². The Labute approximate surface area is 78.6 Å². The van der Waals surface area contributed by atoms with E-state index in [4.69, 9.17) is 16.1 Å². The van der Waals surface area contributed by atoms with Crippen molar-refractivity contribution in [1.29, 1.82) is 5.26 Å². The number of pyridine rings is 1. The molecule has 1 aromatic heterocycles. The summed E-state index contributed by atoms with van der Waals surface area (Å²) in [5.41, 5.74) is 4.48. The van der Waals surface area contributed by atoms with Crippen molar-refractivity contribution in [2.24, 2.45) is 0 Å². The molecule has 3 N–H and O–H groups in total. The molecule has 0 saturated carbocycles. The number of aliphatic hydroxyl groups is 1. The molecule has 14 heavy (non-hydrogen) atoms. The van der Waals surface area contributed by atoms with Gasteiger partial charge in [-0.05, 0) is 0 Å². The highest BCUT2D eigenvalue weighted by atomic mass is 19.3. The van der Waals surface area contributed by atoms with Crippen LogP contribution in [0.25, 0.3) is 0 Å². The number of aromatic nitrogens is 1. The van der Waals surface area contributed by atoms with Gasteiger partial charge in [0.25, 0.3) is 6.43 Å². The number of hydrogen-bond acceptors (Lipinski definition) is 4. The standard InChI is InChI=1S/C8H7F2N3O/c9-7(10)5-2-13-8(12)4(1-11)6(5)3-14/h2,7,14H,3H2,(H2,12,13). The highest BCUT2D eigenvalue weighted by Gasteiger charge is 2.18. The third-order valence-electron chi connectivity index (χ3n) is 1.75. The molecule has 0 aromatic carbocycles. The van der Waals surface area contributed by atoms with E-state index in [1.807, 2.05) is 0 Å². The summed E-state index contributed by atoms with van der Waals surface area (Å²) >= 11 is 0. The number of halogens is 2. The van der Waals surface area contributed by atoms with E-state index < -0.39 is 18.6 Å². The fourth-order valence-electron chi connectivity index (χ4n) is 1.06. The molecule has 6 heteroatoms. The first-order chi connectivity index (χ1) is 6.61. The van der Waals surface area contributed by atoms with Crippen LogP contribution in [0.2, 0.25) is 0 Å². The number of nitrogens with two attached hydrogens (primary N) is 1. The zero-order valence-corrected chi connectivity index (χ0v) is 7.04. The molecule has 0 atom stereocenters. The van der Waals surface area contributed by atoms with Gasteiger partial charge in [0.1, 0.15) is 17.5 Å². The number of nitrogens with zero attached hydrogens (tertiary/aromatic N) is 2. The minimum atomic E-state index is -2.78. The van der Waals surface area contributed by atoms with E-state index in [0.29, 0.717) is 0 Å². The highest BCUT2D eigenvalue weighted by molar-refractivity contribution is 5.55. The predicted molar refractivity (Wildman–Crippen MR) is 44.2 cm³/mol. The van der Waals surface area contributed by atoms with Crippen molar-refractivity contribution in [2.45, 2.75) is 13.0 Å². The Morgan fingerprint density at radius 1 is 1.64 bits per heavy atom. The summed E-state index contributed by atoms with van der Waals surface area (Å²) in [4.78, 5) is 3.44. The number of anilines is 1. The molecule has 0 saturated heterocycles. The molecule has 0 fully saturated rings. The highest BCUT2D eigenvalue weighted by Crippen LogP contribution is 2.26. The number of rotatable bonds is 2. The number of nitriles is 1. The van der Waals surface area contributed by atoms with Gasteiger partial charge in [-0.15, -0.1) is 0 Å². The lowest BCUT2D eigenvalue weighted by Gasteiger charge is -2.08. The van der Waals surface area contributed by atoms with Gasteiger partial charge in [0.15, 0.2) is 0 Å². The monoisotopic (exact) mass is 199 g/mol. The quantitative estimate of drug-likeness (QED) is 0.743. The Morgan fingerprint density at radius 2 is 2.29 bits per heavy atom. The van der Waals surface area contributed by atoms with Crippen molar-refractivity contribution in [2.75, 3.05) is 5.73 Å². The molecule has 0 unspecified atom stereocenters. The summed E-state index contributed by atoms with van der Waals surface area (Å²) in [7, 11) is 0. The summed E-state index contributed by atoms with van der Waals surface area (Å²) < 4.78 is 24.7. The molecule has 1 aromatic rings. The Kier molecular flexibility index (Phi) is 2.94. The molecule has 1 rings (SSSR count). The number of aliphatic hydroxyl groups excluding tert-OH is 1. The SMILES string of the molecule is N#Cc1c(N)ncc(C(F)F)c1CO. The van der Waals surface area contributed by atoms with Crippen LogP contribution in [0.1, 0.15) is 23.1 Å². The van der Waals surface area contributed by atoms with Crippen molar-refractivity contribution < 1.29 is 13.9 Å². The molecule has 0 aliphatic rings. The minimum Gasteiger partial charge on any atom is -0.392 e. The van der Waals surface area contributed by atoms with Crippen LogP contribution in [0.5, 0.6) is 0 Å². The van der Waals surface area contributed by atoms with E-state index in [-0.39, 0.29) is 16.9 Å². The fraction of sp³-hybridized carbons (Fsp3) is 0.250. The summed E-state index contributed by atoms with van der Waals surface area (Å²) in [6, 6.07) is 1.63. The van der Waals surface area contributed by atoms with Crippen molar-refractivity contribution in [3.8, 4) is 6.07 Å². The molecule has 74 valence electrons. The van der Waals surface area contributed by atoms with E-state index in [2.05, 4.69) is 4.98 Å². The van der Waals surface area contributed by atoms with Crippen molar-refractivity contribution in [3.63, 3.8) is 0 Å². The third kappa shape index (κ3) is 1.63. The van der Waals surface area contributed by atoms with Crippen LogP contribution in [0.4, 0.5) is 14.6 Å². The van der Waals surface area contributed by atoms with Crippen LogP contribution in [0.3, 0.4) is 0 Å². The summed E-state index contributed by atoms with van der Waals surface area (Å²) in [6.45, 7) is -0.657. The van der Waals surface area contributed by atoms with Crippen molar-refractivity contribution >= 4 is 5.82 Å². The van der Waals surface area contributed by atoms with E-state index in [0.717, 1.165) is 6.20 Å². The number of nitrogen functional groups attached to an aromatic ring is 1. The van der Waals surface area contributed by atoms with Gasteiger partial charge >= 0.3 is 0 Å². The zero-order valence-electron chi connectivity index (χ0n) is 7.04. The van der Waals surface area contributed by atoms with Gasteiger partial charge in [0, 0.05) is 17.3 Å². The maximum atomic E-state index is 12.4. The lowest BCUT2D eigenvalue weighted by molar-refractivity contribution is 0.146. The molecule has 0 amide bonds. The zero-order chi connectivity index (χ0) is 10.7. The molecule has 1 heterocycles. The molecule has 0 aliphatic heterocycles. The maximum absolute atomic E-state index is 12.4. The van der Waals surface area contributed by atoms with E-state index in [9.17, 15) is 8.78 Å². The second-order valence-corrected chi connectivity index (χ2v) is 2.52. The summed E-state index contributed by atoms with van der Waals surface area (Å²) in [6.07, 6.45) is -1.91. The maximum Gasteiger partial charge on any atom is 0.265 e. The van der Waals surface area contributed by atoms with Crippen LogP contribution in [0, 0.1) is 11.3 Å². The molecule has 0 radical (unpaired) electrons. The molecular weight excluding hydrogens is 192 g/mol. The first-order valence-corrected chi connectivity index (χ1v) is 3.68. The summed E-state index contributed by atoms with van der Waals surface area (Å²) in [5.74, 6) is -0.152. The van der Waals surface area contributed by atoms with E-state index in [1.54, 1.807) is 6.07 Å². The molecular formula is C8H7F2N3O. The first kappa shape index (κ1) is 10.3. The van der Waals surface area contributed by atoms with Crippen LogP contribution in [0.15, 0.2) is 6.20 Å². The molecule has 4 nitrogen and oxygen atoms in total. The van der Waals surface area contributed by atoms with Gasteiger partial charge in [0.2, 0.25) is 0 Å². The molecule has 0 aliphatic carbocycles. The van der Waals surface area contributed by atoms with Gasteiger partial charge < -0.3 is 10.8 Å². The van der Waals surface area contributed by atoms with E-state index >= 15 is 0 Å².